The number of nitrogens with one attached hydrogen (secondary N) is 1. The number of pyridine rings is 1. The van der Waals surface area contributed by atoms with E-state index in [1.54, 1.807) is 25.1 Å². The highest BCUT2D eigenvalue weighted by Crippen LogP contribution is 2.20. The number of aromatic amines is 1. The van der Waals surface area contributed by atoms with Gasteiger partial charge in [-0.15, -0.1) is 5.10 Å². The number of aromatic nitrogens is 3. The molecule has 0 spiro atoms. The molecule has 0 amide bonds. The third kappa shape index (κ3) is 1.97. The van der Waals surface area contributed by atoms with Gasteiger partial charge in [0.25, 0.3) is 11.4 Å². The maximum absolute atomic E-state index is 12.0. The maximum atomic E-state index is 12.0. The molecule has 0 fully saturated rings. The minimum atomic E-state index is -0.243. The third-order valence-corrected chi connectivity index (χ3v) is 2.78. The first-order chi connectivity index (χ1) is 9.15. The molecule has 0 saturated heterocycles. The van der Waals surface area contributed by atoms with Crippen LogP contribution in [0.5, 0.6) is 0 Å². The molecule has 6 heteroatoms. The Bertz CT molecular complexity index is 788. The molecule has 0 aliphatic carbocycles. The average molecular weight is 256 g/mol. The van der Waals surface area contributed by atoms with E-state index >= 15 is 0 Å². The molecule has 2 heterocycles. The van der Waals surface area contributed by atoms with Crippen molar-refractivity contribution in [2.45, 2.75) is 0 Å². The minimum absolute atomic E-state index is 0.218. The summed E-state index contributed by atoms with van der Waals surface area (Å²) >= 11 is 0. The average Bonchev–Trinajstić information content (AvgIpc) is 2.87. The van der Waals surface area contributed by atoms with Crippen LogP contribution >= 0.6 is 0 Å². The van der Waals surface area contributed by atoms with Crippen molar-refractivity contribution in [3.05, 3.63) is 40.7 Å². The van der Waals surface area contributed by atoms with Gasteiger partial charge in [0, 0.05) is 19.6 Å². The highest BCUT2D eigenvalue weighted by Gasteiger charge is 2.13. The summed E-state index contributed by atoms with van der Waals surface area (Å²) in [6.07, 6.45) is 0. The van der Waals surface area contributed by atoms with Crippen molar-refractivity contribution >= 4 is 16.9 Å². The molecule has 2 aromatic heterocycles. The highest BCUT2D eigenvalue weighted by molar-refractivity contribution is 5.81. The molecule has 6 nitrogen and oxygen atoms in total. The van der Waals surface area contributed by atoms with Gasteiger partial charge in [0.2, 0.25) is 0 Å². The van der Waals surface area contributed by atoms with Crippen LogP contribution in [0.15, 0.2) is 39.5 Å². The van der Waals surface area contributed by atoms with Crippen LogP contribution < -0.4 is 10.5 Å². The van der Waals surface area contributed by atoms with Crippen molar-refractivity contribution in [1.29, 1.82) is 0 Å². The first kappa shape index (κ1) is 11.5. The molecule has 0 saturated carbocycles. The van der Waals surface area contributed by atoms with Gasteiger partial charge < -0.3 is 14.3 Å². The molecular weight excluding hydrogens is 244 g/mol. The van der Waals surface area contributed by atoms with E-state index in [1.165, 1.54) is 0 Å². The summed E-state index contributed by atoms with van der Waals surface area (Å²) in [5.74, 6) is 0.218. The van der Waals surface area contributed by atoms with Gasteiger partial charge in [-0.05, 0) is 17.5 Å². The minimum Gasteiger partial charge on any atom is -0.403 e. The van der Waals surface area contributed by atoms with Crippen molar-refractivity contribution in [1.82, 2.24) is 15.2 Å². The second kappa shape index (κ2) is 4.24. The molecule has 0 atom stereocenters. The number of hydrogen-bond donors (Lipinski definition) is 1. The number of fused-ring (bicyclic) bond motifs is 1. The first-order valence-corrected chi connectivity index (χ1v) is 5.78. The van der Waals surface area contributed by atoms with E-state index in [0.717, 1.165) is 10.9 Å². The third-order valence-electron chi connectivity index (χ3n) is 2.78. The van der Waals surface area contributed by atoms with Gasteiger partial charge in [0.05, 0.1) is 0 Å². The normalized spacial score (nSPS) is 10.8. The summed E-state index contributed by atoms with van der Waals surface area (Å²) in [5, 5.41) is 8.68. The Hall–Kier alpha value is -2.63. The van der Waals surface area contributed by atoms with E-state index in [9.17, 15) is 4.79 Å². The van der Waals surface area contributed by atoms with Crippen LogP contribution in [0.2, 0.25) is 0 Å². The van der Waals surface area contributed by atoms with Crippen molar-refractivity contribution in [2.24, 2.45) is 0 Å². The molecule has 1 aromatic carbocycles. The summed E-state index contributed by atoms with van der Waals surface area (Å²) in [4.78, 5) is 16.5. The van der Waals surface area contributed by atoms with Crippen LogP contribution in [-0.2, 0) is 0 Å². The van der Waals surface area contributed by atoms with Gasteiger partial charge in [-0.1, -0.05) is 23.3 Å². The molecule has 3 aromatic rings. The van der Waals surface area contributed by atoms with Crippen molar-refractivity contribution in [2.75, 3.05) is 19.0 Å². The Morgan fingerprint density at radius 2 is 2.00 bits per heavy atom. The molecule has 1 N–H and O–H groups in total. The molecule has 3 rings (SSSR count). The van der Waals surface area contributed by atoms with Crippen molar-refractivity contribution in [3.8, 4) is 11.5 Å². The fourth-order valence-corrected chi connectivity index (χ4v) is 1.81. The fourth-order valence-electron chi connectivity index (χ4n) is 1.81. The van der Waals surface area contributed by atoms with E-state index in [4.69, 9.17) is 4.42 Å². The second-order valence-corrected chi connectivity index (χ2v) is 4.38. The molecular formula is C13H12N4O2. The highest BCUT2D eigenvalue weighted by atomic mass is 16.4. The lowest BCUT2D eigenvalue weighted by Crippen LogP contribution is -2.09. The number of nitrogens with zero attached hydrogens (tertiary/aromatic N) is 3. The SMILES string of the molecule is CN(C)c1nnc(-c2cc3ccccc3[nH]c2=O)o1. The van der Waals surface area contributed by atoms with Gasteiger partial charge in [-0.2, -0.15) is 0 Å². The van der Waals surface area contributed by atoms with E-state index < -0.39 is 0 Å². The van der Waals surface area contributed by atoms with Gasteiger partial charge in [0.1, 0.15) is 5.56 Å². The monoisotopic (exact) mass is 256 g/mol. The fraction of sp³-hybridized carbons (Fsp3) is 0.154. The standard InChI is InChI=1S/C13H12N4O2/c1-17(2)13-16-15-12(19-13)9-7-8-5-3-4-6-10(8)14-11(9)18/h3-7H,1-2H3,(H,14,18). The Balaban J connectivity index is 2.18. The maximum Gasteiger partial charge on any atom is 0.317 e. The zero-order valence-electron chi connectivity index (χ0n) is 10.5. The quantitative estimate of drug-likeness (QED) is 0.754. The molecule has 0 unspecified atom stereocenters. The number of H-pyrrole nitrogens is 1. The van der Waals surface area contributed by atoms with E-state index in [1.807, 2.05) is 24.3 Å². The van der Waals surface area contributed by atoms with Crippen LogP contribution in [0.25, 0.3) is 22.4 Å². The van der Waals surface area contributed by atoms with Crippen LogP contribution in [0.1, 0.15) is 0 Å². The predicted octanol–water partition coefficient (Wildman–Crippen LogP) is 1.64. The Kier molecular flexibility index (Phi) is 2.56. The lowest BCUT2D eigenvalue weighted by Gasteiger charge is -2.03. The van der Waals surface area contributed by atoms with E-state index in [0.29, 0.717) is 11.6 Å². The van der Waals surface area contributed by atoms with Gasteiger partial charge in [-0.25, -0.2) is 0 Å². The molecule has 0 bridgehead atoms. The number of rotatable bonds is 2. The predicted molar refractivity (Wildman–Crippen MR) is 72.2 cm³/mol. The Morgan fingerprint density at radius 1 is 1.21 bits per heavy atom. The number of para-hydroxylation sites is 1. The number of anilines is 1. The smallest absolute Gasteiger partial charge is 0.317 e. The lowest BCUT2D eigenvalue weighted by molar-refractivity contribution is 0.565. The van der Waals surface area contributed by atoms with Crippen molar-refractivity contribution in [3.63, 3.8) is 0 Å². The number of benzene rings is 1. The lowest BCUT2D eigenvalue weighted by atomic mass is 10.1. The summed E-state index contributed by atoms with van der Waals surface area (Å²) in [6, 6.07) is 9.65. The van der Waals surface area contributed by atoms with Crippen LogP contribution in [0.4, 0.5) is 6.01 Å². The molecule has 96 valence electrons. The van der Waals surface area contributed by atoms with Gasteiger partial charge in [-0.3, -0.25) is 4.79 Å². The van der Waals surface area contributed by atoms with Gasteiger partial charge in [0.15, 0.2) is 0 Å². The van der Waals surface area contributed by atoms with Crippen LogP contribution in [0, 0.1) is 0 Å². The second-order valence-electron chi connectivity index (χ2n) is 4.38. The van der Waals surface area contributed by atoms with E-state index in [-0.39, 0.29) is 11.4 Å². The molecule has 19 heavy (non-hydrogen) atoms. The first-order valence-electron chi connectivity index (χ1n) is 5.78. The van der Waals surface area contributed by atoms with E-state index in [2.05, 4.69) is 15.2 Å². The molecule has 0 radical (unpaired) electrons. The summed E-state index contributed by atoms with van der Waals surface area (Å²) < 4.78 is 5.44. The molecule has 0 aliphatic heterocycles. The Morgan fingerprint density at radius 3 is 2.74 bits per heavy atom. The zero-order chi connectivity index (χ0) is 13.4. The zero-order valence-corrected chi connectivity index (χ0v) is 10.5. The van der Waals surface area contributed by atoms with Crippen LogP contribution in [-0.4, -0.2) is 29.3 Å². The topological polar surface area (TPSA) is 75.0 Å². The van der Waals surface area contributed by atoms with Crippen molar-refractivity contribution < 1.29 is 4.42 Å². The number of hydrogen-bond acceptors (Lipinski definition) is 5. The summed E-state index contributed by atoms with van der Waals surface area (Å²) in [7, 11) is 3.59. The Labute approximate surface area is 108 Å². The molecule has 0 aliphatic rings. The van der Waals surface area contributed by atoms with Gasteiger partial charge >= 0.3 is 6.01 Å². The largest absolute Gasteiger partial charge is 0.403 e. The van der Waals surface area contributed by atoms with Crippen LogP contribution in [0.3, 0.4) is 0 Å². The summed E-state index contributed by atoms with van der Waals surface area (Å²) in [6.45, 7) is 0. The summed E-state index contributed by atoms with van der Waals surface area (Å²) in [5.41, 5.74) is 0.913.